The molecule has 0 bridgehead atoms. The molecule has 2 aromatic heterocycles. The molecular weight excluding hydrogens is 174 g/mol. The van der Waals surface area contributed by atoms with Gasteiger partial charge in [-0.05, 0) is 25.3 Å². The lowest BCUT2D eigenvalue weighted by atomic mass is 10.2. The Morgan fingerprint density at radius 2 is 2.29 bits per heavy atom. The predicted octanol–water partition coefficient (Wildman–Crippen LogP) is 2.33. The zero-order valence-electron chi connectivity index (χ0n) is 8.27. The third kappa shape index (κ3) is 1.12. The van der Waals surface area contributed by atoms with Crippen molar-refractivity contribution in [1.29, 1.82) is 0 Å². The van der Waals surface area contributed by atoms with Gasteiger partial charge in [0.25, 0.3) is 0 Å². The second kappa shape index (κ2) is 2.80. The van der Waals surface area contributed by atoms with Crippen molar-refractivity contribution in [1.82, 2.24) is 14.8 Å². The number of pyridine rings is 1. The Hall–Kier alpha value is -1.38. The Morgan fingerprint density at radius 3 is 3.00 bits per heavy atom. The Kier molecular flexibility index (Phi) is 1.60. The minimum Gasteiger partial charge on any atom is -0.260 e. The standard InChI is InChI=1S/C11H13N3/c1-2-9-5-8-6-13-14(10-3-4-10)11(8)7-12-9/h5-7,10H,2-4H2,1H3. The van der Waals surface area contributed by atoms with Gasteiger partial charge < -0.3 is 0 Å². The summed E-state index contributed by atoms with van der Waals surface area (Å²) in [6, 6.07) is 2.78. The van der Waals surface area contributed by atoms with Crippen molar-refractivity contribution in [3.8, 4) is 0 Å². The van der Waals surface area contributed by atoms with E-state index in [-0.39, 0.29) is 0 Å². The molecule has 1 aliphatic rings. The Labute approximate surface area is 82.8 Å². The van der Waals surface area contributed by atoms with E-state index in [1.54, 1.807) is 0 Å². The molecule has 0 saturated heterocycles. The Balaban J connectivity index is 2.17. The first-order chi connectivity index (χ1) is 6.88. The van der Waals surface area contributed by atoms with E-state index >= 15 is 0 Å². The average Bonchev–Trinajstić information content (AvgIpc) is 2.98. The van der Waals surface area contributed by atoms with Crippen LogP contribution in [-0.4, -0.2) is 14.8 Å². The maximum atomic E-state index is 4.41. The van der Waals surface area contributed by atoms with Crippen LogP contribution in [0.5, 0.6) is 0 Å². The lowest BCUT2D eigenvalue weighted by Gasteiger charge is -2.00. The summed E-state index contributed by atoms with van der Waals surface area (Å²) >= 11 is 0. The van der Waals surface area contributed by atoms with Gasteiger partial charge >= 0.3 is 0 Å². The zero-order chi connectivity index (χ0) is 9.54. The predicted molar refractivity (Wildman–Crippen MR) is 55.2 cm³/mol. The monoisotopic (exact) mass is 187 g/mol. The van der Waals surface area contributed by atoms with Crippen molar-refractivity contribution in [3.05, 3.63) is 24.2 Å². The molecule has 0 unspecified atom stereocenters. The fourth-order valence-electron chi connectivity index (χ4n) is 1.79. The molecule has 1 aliphatic carbocycles. The summed E-state index contributed by atoms with van der Waals surface area (Å²) in [6.07, 6.45) is 7.44. The van der Waals surface area contributed by atoms with Gasteiger partial charge in [-0.1, -0.05) is 6.92 Å². The van der Waals surface area contributed by atoms with Gasteiger partial charge in [0.05, 0.1) is 24.0 Å². The molecule has 0 amide bonds. The molecule has 0 atom stereocenters. The van der Waals surface area contributed by atoms with Crippen LogP contribution in [0, 0.1) is 0 Å². The maximum absolute atomic E-state index is 4.41. The fourth-order valence-corrected chi connectivity index (χ4v) is 1.79. The number of fused-ring (bicyclic) bond motifs is 1. The summed E-state index contributed by atoms with van der Waals surface area (Å²) in [7, 11) is 0. The van der Waals surface area contributed by atoms with Crippen LogP contribution in [0.3, 0.4) is 0 Å². The normalized spacial score (nSPS) is 16.4. The third-order valence-electron chi connectivity index (χ3n) is 2.79. The van der Waals surface area contributed by atoms with Gasteiger partial charge in [0.2, 0.25) is 0 Å². The van der Waals surface area contributed by atoms with Crippen LogP contribution >= 0.6 is 0 Å². The highest BCUT2D eigenvalue weighted by molar-refractivity contribution is 5.78. The summed E-state index contributed by atoms with van der Waals surface area (Å²) in [6.45, 7) is 2.12. The van der Waals surface area contributed by atoms with E-state index in [2.05, 4.69) is 27.8 Å². The van der Waals surface area contributed by atoms with Crippen molar-refractivity contribution in [2.24, 2.45) is 0 Å². The molecule has 3 heteroatoms. The molecular formula is C11H13N3. The second-order valence-electron chi connectivity index (χ2n) is 3.91. The van der Waals surface area contributed by atoms with Crippen LogP contribution < -0.4 is 0 Å². The van der Waals surface area contributed by atoms with E-state index in [0.29, 0.717) is 6.04 Å². The smallest absolute Gasteiger partial charge is 0.0869 e. The number of aromatic nitrogens is 3. The molecule has 72 valence electrons. The van der Waals surface area contributed by atoms with E-state index in [0.717, 1.165) is 12.1 Å². The van der Waals surface area contributed by atoms with E-state index in [1.807, 2.05) is 12.4 Å². The van der Waals surface area contributed by atoms with E-state index in [1.165, 1.54) is 23.7 Å². The molecule has 3 rings (SSSR count). The first-order valence-corrected chi connectivity index (χ1v) is 5.20. The van der Waals surface area contributed by atoms with Crippen molar-refractivity contribution in [2.45, 2.75) is 32.2 Å². The molecule has 2 aromatic rings. The maximum Gasteiger partial charge on any atom is 0.0869 e. The average molecular weight is 187 g/mol. The number of hydrogen-bond donors (Lipinski definition) is 0. The van der Waals surface area contributed by atoms with Crippen LogP contribution in [0.15, 0.2) is 18.5 Å². The Morgan fingerprint density at radius 1 is 1.43 bits per heavy atom. The first kappa shape index (κ1) is 7.97. The van der Waals surface area contributed by atoms with Gasteiger partial charge in [0, 0.05) is 11.1 Å². The van der Waals surface area contributed by atoms with Gasteiger partial charge in [-0.2, -0.15) is 5.10 Å². The topological polar surface area (TPSA) is 30.7 Å². The summed E-state index contributed by atoms with van der Waals surface area (Å²) in [5.41, 5.74) is 2.33. The zero-order valence-corrected chi connectivity index (χ0v) is 8.27. The third-order valence-corrected chi connectivity index (χ3v) is 2.79. The fraction of sp³-hybridized carbons (Fsp3) is 0.455. The lowest BCUT2D eigenvalue weighted by molar-refractivity contribution is 0.664. The molecule has 1 saturated carbocycles. The van der Waals surface area contributed by atoms with E-state index in [4.69, 9.17) is 0 Å². The van der Waals surface area contributed by atoms with E-state index in [9.17, 15) is 0 Å². The lowest BCUT2D eigenvalue weighted by Crippen LogP contribution is -1.96. The molecule has 0 radical (unpaired) electrons. The number of aryl methyl sites for hydroxylation is 1. The number of nitrogens with zero attached hydrogens (tertiary/aromatic N) is 3. The van der Waals surface area contributed by atoms with Crippen molar-refractivity contribution < 1.29 is 0 Å². The van der Waals surface area contributed by atoms with Crippen LogP contribution in [0.1, 0.15) is 31.5 Å². The summed E-state index contributed by atoms with van der Waals surface area (Å²) in [5, 5.41) is 5.64. The van der Waals surface area contributed by atoms with Crippen LogP contribution in [-0.2, 0) is 6.42 Å². The largest absolute Gasteiger partial charge is 0.260 e. The van der Waals surface area contributed by atoms with Gasteiger partial charge in [-0.15, -0.1) is 0 Å². The molecule has 3 nitrogen and oxygen atoms in total. The van der Waals surface area contributed by atoms with Gasteiger partial charge in [-0.3, -0.25) is 9.67 Å². The summed E-state index contributed by atoms with van der Waals surface area (Å²) < 4.78 is 2.11. The highest BCUT2D eigenvalue weighted by Gasteiger charge is 2.25. The highest BCUT2D eigenvalue weighted by atomic mass is 15.3. The summed E-state index contributed by atoms with van der Waals surface area (Å²) in [4.78, 5) is 4.41. The molecule has 0 aliphatic heterocycles. The van der Waals surface area contributed by atoms with Crippen LogP contribution in [0.4, 0.5) is 0 Å². The molecule has 14 heavy (non-hydrogen) atoms. The first-order valence-electron chi connectivity index (χ1n) is 5.20. The van der Waals surface area contributed by atoms with E-state index < -0.39 is 0 Å². The second-order valence-corrected chi connectivity index (χ2v) is 3.91. The molecule has 2 heterocycles. The van der Waals surface area contributed by atoms with Crippen LogP contribution in [0.25, 0.3) is 10.9 Å². The minimum atomic E-state index is 0.641. The van der Waals surface area contributed by atoms with Crippen molar-refractivity contribution in [2.75, 3.05) is 0 Å². The number of rotatable bonds is 2. The molecule has 1 fully saturated rings. The quantitative estimate of drug-likeness (QED) is 0.722. The van der Waals surface area contributed by atoms with Gasteiger partial charge in [-0.25, -0.2) is 0 Å². The summed E-state index contributed by atoms with van der Waals surface area (Å²) in [5.74, 6) is 0. The van der Waals surface area contributed by atoms with Crippen molar-refractivity contribution >= 4 is 10.9 Å². The van der Waals surface area contributed by atoms with Crippen molar-refractivity contribution in [3.63, 3.8) is 0 Å². The molecule has 0 aromatic carbocycles. The Bertz CT molecular complexity index is 468. The number of hydrogen-bond acceptors (Lipinski definition) is 2. The van der Waals surface area contributed by atoms with Gasteiger partial charge in [0.15, 0.2) is 0 Å². The molecule has 0 N–H and O–H groups in total. The SMILES string of the molecule is CCc1cc2cnn(C3CC3)c2cn1. The highest BCUT2D eigenvalue weighted by Crippen LogP contribution is 2.36. The van der Waals surface area contributed by atoms with Gasteiger partial charge in [0.1, 0.15) is 0 Å². The van der Waals surface area contributed by atoms with Crippen LogP contribution in [0.2, 0.25) is 0 Å². The minimum absolute atomic E-state index is 0.641. The molecule has 0 spiro atoms.